The zero-order valence-corrected chi connectivity index (χ0v) is 11.0. The van der Waals surface area contributed by atoms with Crippen LogP contribution >= 0.6 is 0 Å². The number of furan rings is 1. The second-order valence-corrected chi connectivity index (χ2v) is 4.60. The summed E-state index contributed by atoms with van der Waals surface area (Å²) in [5.74, 6) is 0.409. The minimum Gasteiger partial charge on any atom is -0.493 e. The molecule has 0 spiro atoms. The molecule has 0 fully saturated rings. The van der Waals surface area contributed by atoms with Crippen molar-refractivity contribution in [3.63, 3.8) is 0 Å². The summed E-state index contributed by atoms with van der Waals surface area (Å²) in [6, 6.07) is 6.49. The third kappa shape index (κ3) is 2.12. The number of rotatable bonds is 2. The molecule has 0 bridgehead atoms. The third-order valence-corrected chi connectivity index (χ3v) is 3.39. The van der Waals surface area contributed by atoms with Gasteiger partial charge in [0.1, 0.15) is 5.58 Å². The van der Waals surface area contributed by atoms with Gasteiger partial charge in [0.25, 0.3) is 0 Å². The van der Waals surface area contributed by atoms with E-state index in [1.807, 2.05) is 0 Å². The number of aliphatic hydroxyl groups is 1. The maximum atomic E-state index is 12.8. The highest BCUT2D eigenvalue weighted by molar-refractivity contribution is 6.08. The van der Waals surface area contributed by atoms with Crippen LogP contribution in [0.25, 0.3) is 21.9 Å². The quantitative estimate of drug-likeness (QED) is 0.774. The Morgan fingerprint density at radius 2 is 1.95 bits per heavy atom. The zero-order valence-electron chi connectivity index (χ0n) is 11.0. The van der Waals surface area contributed by atoms with Crippen molar-refractivity contribution in [3.05, 3.63) is 41.5 Å². The highest BCUT2D eigenvalue weighted by Gasteiger charge is 2.31. The Hall–Kier alpha value is -2.21. The number of hydrogen-bond acceptors (Lipinski definition) is 3. The third-order valence-electron chi connectivity index (χ3n) is 3.39. The molecule has 1 aromatic heterocycles. The number of benzene rings is 2. The van der Waals surface area contributed by atoms with Gasteiger partial charge in [-0.05, 0) is 29.8 Å². The summed E-state index contributed by atoms with van der Waals surface area (Å²) in [5.41, 5.74) is 0.379. The standard InChI is InChI=1S/C15H11F3O3/c1-20-12-4-2-8(7-19)13-10-6-9(15(16,17)18)3-5-11(10)21-14(12)13/h2-6,19H,7H2,1H3. The fourth-order valence-corrected chi connectivity index (χ4v) is 2.39. The zero-order chi connectivity index (χ0) is 15.2. The van der Waals surface area contributed by atoms with E-state index < -0.39 is 11.7 Å². The molecule has 0 aliphatic carbocycles. The van der Waals surface area contributed by atoms with Gasteiger partial charge in [0.15, 0.2) is 11.3 Å². The lowest BCUT2D eigenvalue weighted by Crippen LogP contribution is -2.03. The molecule has 6 heteroatoms. The second-order valence-electron chi connectivity index (χ2n) is 4.60. The van der Waals surface area contributed by atoms with E-state index in [-0.39, 0.29) is 6.61 Å². The molecule has 1 N–H and O–H groups in total. The van der Waals surface area contributed by atoms with Gasteiger partial charge >= 0.3 is 6.18 Å². The number of hydrogen-bond donors (Lipinski definition) is 1. The Balaban J connectivity index is 2.42. The average Bonchev–Trinajstić information content (AvgIpc) is 2.84. The fourth-order valence-electron chi connectivity index (χ4n) is 2.39. The van der Waals surface area contributed by atoms with Gasteiger partial charge < -0.3 is 14.3 Å². The van der Waals surface area contributed by atoms with Crippen LogP contribution in [0.15, 0.2) is 34.7 Å². The lowest BCUT2D eigenvalue weighted by Gasteiger charge is -2.06. The normalized spacial score (nSPS) is 12.2. The fraction of sp³-hybridized carbons (Fsp3) is 0.200. The van der Waals surface area contributed by atoms with E-state index in [0.717, 1.165) is 12.1 Å². The van der Waals surface area contributed by atoms with Crippen molar-refractivity contribution in [2.75, 3.05) is 7.11 Å². The largest absolute Gasteiger partial charge is 0.493 e. The van der Waals surface area contributed by atoms with Gasteiger partial charge in [-0.3, -0.25) is 0 Å². The Morgan fingerprint density at radius 3 is 2.57 bits per heavy atom. The second kappa shape index (κ2) is 4.66. The van der Waals surface area contributed by atoms with Crippen LogP contribution in [0.4, 0.5) is 13.2 Å². The minimum atomic E-state index is -4.43. The lowest BCUT2D eigenvalue weighted by molar-refractivity contribution is -0.137. The molecule has 3 rings (SSSR count). The van der Waals surface area contributed by atoms with Gasteiger partial charge in [0, 0.05) is 10.8 Å². The predicted molar refractivity (Wildman–Crippen MR) is 71.2 cm³/mol. The highest BCUT2D eigenvalue weighted by Crippen LogP contribution is 2.39. The number of alkyl halides is 3. The average molecular weight is 296 g/mol. The molecule has 1 heterocycles. The molecule has 0 aliphatic heterocycles. The van der Waals surface area contributed by atoms with Gasteiger partial charge in [-0.1, -0.05) is 6.07 Å². The molecular weight excluding hydrogens is 285 g/mol. The molecular formula is C15H11F3O3. The maximum absolute atomic E-state index is 12.8. The number of fused-ring (bicyclic) bond motifs is 3. The molecule has 0 atom stereocenters. The first kappa shape index (κ1) is 13.8. The molecule has 0 unspecified atom stereocenters. The molecule has 3 nitrogen and oxygen atoms in total. The minimum absolute atomic E-state index is 0.300. The Bertz CT molecular complexity index is 818. The molecule has 0 saturated carbocycles. The summed E-state index contributed by atoms with van der Waals surface area (Å²) in [7, 11) is 1.45. The lowest BCUT2D eigenvalue weighted by atomic mass is 10.0. The van der Waals surface area contributed by atoms with Crippen molar-refractivity contribution in [2.45, 2.75) is 12.8 Å². The number of ether oxygens (including phenoxy) is 1. The first-order valence-electron chi connectivity index (χ1n) is 6.16. The van der Waals surface area contributed by atoms with E-state index in [4.69, 9.17) is 9.15 Å². The van der Waals surface area contributed by atoms with Gasteiger partial charge in [0.05, 0.1) is 19.3 Å². The molecule has 2 aromatic carbocycles. The predicted octanol–water partition coefficient (Wildman–Crippen LogP) is 4.11. The first-order valence-corrected chi connectivity index (χ1v) is 6.16. The van der Waals surface area contributed by atoms with Gasteiger partial charge in [-0.15, -0.1) is 0 Å². The first-order chi connectivity index (χ1) is 9.95. The maximum Gasteiger partial charge on any atom is 0.416 e. The van der Waals surface area contributed by atoms with Crippen molar-refractivity contribution in [3.8, 4) is 5.75 Å². The topological polar surface area (TPSA) is 42.6 Å². The van der Waals surface area contributed by atoms with E-state index in [9.17, 15) is 18.3 Å². The Morgan fingerprint density at radius 1 is 1.19 bits per heavy atom. The van der Waals surface area contributed by atoms with E-state index in [0.29, 0.717) is 33.3 Å². The molecule has 0 amide bonds. The molecule has 3 aromatic rings. The van der Waals surface area contributed by atoms with Crippen molar-refractivity contribution < 1.29 is 27.4 Å². The van der Waals surface area contributed by atoms with Crippen molar-refractivity contribution in [1.29, 1.82) is 0 Å². The van der Waals surface area contributed by atoms with Crippen LogP contribution in [0.5, 0.6) is 5.75 Å². The van der Waals surface area contributed by atoms with E-state index in [1.165, 1.54) is 13.2 Å². The summed E-state index contributed by atoms with van der Waals surface area (Å²) in [5, 5.41) is 10.2. The summed E-state index contributed by atoms with van der Waals surface area (Å²) in [4.78, 5) is 0. The van der Waals surface area contributed by atoms with Crippen molar-refractivity contribution in [2.24, 2.45) is 0 Å². The Labute approximate surface area is 117 Å². The molecule has 21 heavy (non-hydrogen) atoms. The summed E-state index contributed by atoms with van der Waals surface area (Å²) in [6.07, 6.45) is -4.43. The van der Waals surface area contributed by atoms with E-state index >= 15 is 0 Å². The van der Waals surface area contributed by atoms with Gasteiger partial charge in [-0.2, -0.15) is 13.2 Å². The monoisotopic (exact) mass is 296 g/mol. The van der Waals surface area contributed by atoms with E-state index in [2.05, 4.69) is 0 Å². The van der Waals surface area contributed by atoms with Crippen LogP contribution in [0.3, 0.4) is 0 Å². The van der Waals surface area contributed by atoms with Crippen molar-refractivity contribution >= 4 is 21.9 Å². The van der Waals surface area contributed by atoms with Crippen LogP contribution < -0.4 is 4.74 Å². The Kier molecular flexibility index (Phi) is 3.06. The van der Waals surface area contributed by atoms with E-state index in [1.54, 1.807) is 12.1 Å². The van der Waals surface area contributed by atoms with Gasteiger partial charge in [-0.25, -0.2) is 0 Å². The SMILES string of the molecule is COc1ccc(CO)c2c1oc1ccc(C(F)(F)F)cc12. The highest BCUT2D eigenvalue weighted by atomic mass is 19.4. The van der Waals surface area contributed by atoms with Crippen LogP contribution in [0, 0.1) is 0 Å². The molecule has 0 radical (unpaired) electrons. The van der Waals surface area contributed by atoms with Crippen LogP contribution in [0.1, 0.15) is 11.1 Å². The number of aliphatic hydroxyl groups excluding tert-OH is 1. The summed E-state index contributed by atoms with van der Waals surface area (Å²) >= 11 is 0. The smallest absolute Gasteiger partial charge is 0.416 e. The summed E-state index contributed by atoms with van der Waals surface area (Å²) in [6.45, 7) is -0.300. The van der Waals surface area contributed by atoms with Crippen LogP contribution in [0.2, 0.25) is 0 Å². The number of halogens is 3. The molecule has 0 saturated heterocycles. The summed E-state index contributed by atoms with van der Waals surface area (Å²) < 4.78 is 49.3. The van der Waals surface area contributed by atoms with Crippen molar-refractivity contribution in [1.82, 2.24) is 0 Å². The number of methoxy groups -OCH3 is 1. The van der Waals surface area contributed by atoms with Crippen LogP contribution in [-0.2, 0) is 12.8 Å². The van der Waals surface area contributed by atoms with Crippen LogP contribution in [-0.4, -0.2) is 12.2 Å². The molecule has 0 aliphatic rings. The van der Waals surface area contributed by atoms with Gasteiger partial charge in [0.2, 0.25) is 0 Å². The molecule has 110 valence electrons.